The molecule has 2 aromatic carbocycles. The molecule has 0 saturated carbocycles. The minimum atomic E-state index is -0.512. The van der Waals surface area contributed by atoms with Crippen molar-refractivity contribution in [3.05, 3.63) is 53.8 Å². The zero-order valence-corrected chi connectivity index (χ0v) is 12.2. The van der Waals surface area contributed by atoms with Gasteiger partial charge < -0.3 is 10.2 Å². The Balaban J connectivity index is 2.13. The highest BCUT2D eigenvalue weighted by Gasteiger charge is 2.04. The molecule has 0 aliphatic carbocycles. The van der Waals surface area contributed by atoms with Gasteiger partial charge in [-0.25, -0.2) is 4.39 Å². The topological polar surface area (TPSA) is 39.1 Å². The largest absolute Gasteiger partial charge is 0.372 e. The van der Waals surface area contributed by atoms with Gasteiger partial charge in [0.1, 0.15) is 11.9 Å². The van der Waals surface area contributed by atoms with Gasteiger partial charge in [0.15, 0.2) is 0 Å². The summed E-state index contributed by atoms with van der Waals surface area (Å²) in [7, 11) is 0. The third-order valence-corrected chi connectivity index (χ3v) is 3.37. The highest BCUT2D eigenvalue weighted by atomic mass is 19.1. The van der Waals surface area contributed by atoms with Gasteiger partial charge in [-0.3, -0.25) is 0 Å². The summed E-state index contributed by atoms with van der Waals surface area (Å²) >= 11 is 0. The Hall–Kier alpha value is -2.54. The van der Waals surface area contributed by atoms with E-state index in [1.54, 1.807) is 6.07 Å². The average Bonchev–Trinajstić information content (AvgIpc) is 2.50. The minimum absolute atomic E-state index is 0.0532. The summed E-state index contributed by atoms with van der Waals surface area (Å²) in [6.07, 6.45) is 0. The molecule has 0 bridgehead atoms. The van der Waals surface area contributed by atoms with Crippen LogP contribution < -0.4 is 10.2 Å². The van der Waals surface area contributed by atoms with Crippen LogP contribution in [0.25, 0.3) is 0 Å². The number of benzene rings is 2. The lowest BCUT2D eigenvalue weighted by Gasteiger charge is -2.21. The number of nitrogens with one attached hydrogen (secondary N) is 1. The molecule has 1 N–H and O–H groups in total. The normalized spacial score (nSPS) is 10.0. The molecular weight excluding hydrogens is 265 g/mol. The smallest absolute Gasteiger partial charge is 0.143 e. The lowest BCUT2D eigenvalue weighted by molar-refractivity contribution is 0.624. The molecule has 0 fully saturated rings. The number of hydrogen-bond donors (Lipinski definition) is 1. The van der Waals surface area contributed by atoms with E-state index in [9.17, 15) is 4.39 Å². The second kappa shape index (κ2) is 6.76. The SMILES string of the molecule is CCN(CC)c1ccc(Nc2ccc(C#N)c(F)c2)cc1. The summed E-state index contributed by atoms with van der Waals surface area (Å²) in [5, 5.41) is 11.8. The molecule has 0 unspecified atom stereocenters. The van der Waals surface area contributed by atoms with E-state index in [4.69, 9.17) is 5.26 Å². The molecule has 21 heavy (non-hydrogen) atoms. The Morgan fingerprint density at radius 1 is 1.05 bits per heavy atom. The summed E-state index contributed by atoms with van der Waals surface area (Å²) in [5.41, 5.74) is 2.73. The predicted molar refractivity (Wildman–Crippen MR) is 84.4 cm³/mol. The van der Waals surface area contributed by atoms with E-state index >= 15 is 0 Å². The lowest BCUT2D eigenvalue weighted by atomic mass is 10.2. The van der Waals surface area contributed by atoms with Crippen LogP contribution in [0, 0.1) is 17.1 Å². The summed E-state index contributed by atoms with van der Waals surface area (Å²) in [6, 6.07) is 14.3. The van der Waals surface area contributed by atoms with E-state index in [1.807, 2.05) is 30.3 Å². The first-order chi connectivity index (χ1) is 10.2. The molecule has 0 radical (unpaired) electrons. The van der Waals surface area contributed by atoms with Crippen LogP contribution in [0.2, 0.25) is 0 Å². The van der Waals surface area contributed by atoms with E-state index < -0.39 is 5.82 Å². The van der Waals surface area contributed by atoms with Crippen molar-refractivity contribution >= 4 is 17.1 Å². The predicted octanol–water partition coefficient (Wildman–Crippen LogP) is 4.29. The molecule has 0 aliphatic heterocycles. The van der Waals surface area contributed by atoms with Crippen molar-refractivity contribution in [2.75, 3.05) is 23.3 Å². The lowest BCUT2D eigenvalue weighted by Crippen LogP contribution is -2.21. The maximum absolute atomic E-state index is 13.5. The maximum Gasteiger partial charge on any atom is 0.143 e. The number of halogens is 1. The summed E-state index contributed by atoms with van der Waals surface area (Å²) in [5.74, 6) is -0.512. The molecule has 2 aromatic rings. The highest BCUT2D eigenvalue weighted by molar-refractivity contribution is 5.63. The van der Waals surface area contributed by atoms with Gasteiger partial charge in [-0.1, -0.05) is 0 Å². The van der Waals surface area contributed by atoms with Crippen molar-refractivity contribution in [2.45, 2.75) is 13.8 Å². The number of nitriles is 1. The Morgan fingerprint density at radius 3 is 2.19 bits per heavy atom. The van der Waals surface area contributed by atoms with Gasteiger partial charge in [0.25, 0.3) is 0 Å². The van der Waals surface area contributed by atoms with Gasteiger partial charge in [-0.05, 0) is 56.3 Å². The molecule has 0 amide bonds. The first-order valence-corrected chi connectivity index (χ1v) is 6.99. The molecule has 3 nitrogen and oxygen atoms in total. The Kier molecular flexibility index (Phi) is 4.78. The van der Waals surface area contributed by atoms with Gasteiger partial charge >= 0.3 is 0 Å². The number of rotatable bonds is 5. The second-order valence-corrected chi connectivity index (χ2v) is 4.65. The van der Waals surface area contributed by atoms with Crippen LogP contribution in [0.1, 0.15) is 19.4 Å². The quantitative estimate of drug-likeness (QED) is 0.889. The van der Waals surface area contributed by atoms with Crippen LogP contribution in [0.15, 0.2) is 42.5 Å². The Bertz CT molecular complexity index is 640. The van der Waals surface area contributed by atoms with Crippen molar-refractivity contribution in [2.24, 2.45) is 0 Å². The second-order valence-electron chi connectivity index (χ2n) is 4.65. The third-order valence-electron chi connectivity index (χ3n) is 3.37. The van der Waals surface area contributed by atoms with Gasteiger partial charge in [0.05, 0.1) is 5.56 Å². The average molecular weight is 283 g/mol. The molecular formula is C17H18FN3. The molecule has 0 atom stereocenters. The highest BCUT2D eigenvalue weighted by Crippen LogP contribution is 2.22. The van der Waals surface area contributed by atoms with Crippen molar-refractivity contribution < 1.29 is 4.39 Å². The van der Waals surface area contributed by atoms with Gasteiger partial charge in [-0.2, -0.15) is 5.26 Å². The van der Waals surface area contributed by atoms with Crippen molar-refractivity contribution in [1.29, 1.82) is 5.26 Å². The standard InChI is InChI=1S/C17H18FN3/c1-3-21(4-2)16-9-7-14(8-10-16)20-15-6-5-13(12-19)17(18)11-15/h5-11,20H,3-4H2,1-2H3. The molecule has 108 valence electrons. The van der Waals surface area contributed by atoms with Crippen LogP contribution in [0.3, 0.4) is 0 Å². The number of hydrogen-bond acceptors (Lipinski definition) is 3. The fourth-order valence-electron chi connectivity index (χ4n) is 2.19. The van der Waals surface area contributed by atoms with Crippen LogP contribution in [-0.4, -0.2) is 13.1 Å². The molecule has 4 heteroatoms. The zero-order valence-electron chi connectivity index (χ0n) is 12.2. The maximum atomic E-state index is 13.5. The first kappa shape index (κ1) is 14.9. The summed E-state index contributed by atoms with van der Waals surface area (Å²) < 4.78 is 13.5. The van der Waals surface area contributed by atoms with E-state index in [2.05, 4.69) is 24.1 Å². The van der Waals surface area contributed by atoms with E-state index in [0.717, 1.165) is 24.5 Å². The van der Waals surface area contributed by atoms with Crippen molar-refractivity contribution in [3.8, 4) is 6.07 Å². The fraction of sp³-hybridized carbons (Fsp3) is 0.235. The molecule has 0 aromatic heterocycles. The van der Waals surface area contributed by atoms with Crippen molar-refractivity contribution in [1.82, 2.24) is 0 Å². The summed E-state index contributed by atoms with van der Waals surface area (Å²) in [6.45, 7) is 6.17. The van der Waals surface area contributed by atoms with Crippen molar-refractivity contribution in [3.63, 3.8) is 0 Å². The third kappa shape index (κ3) is 3.51. The van der Waals surface area contributed by atoms with Gasteiger partial charge in [0, 0.05) is 30.2 Å². The molecule has 0 saturated heterocycles. The molecule has 0 heterocycles. The monoisotopic (exact) mass is 283 g/mol. The van der Waals surface area contributed by atoms with Crippen LogP contribution in [0.4, 0.5) is 21.5 Å². The Labute approximate surface area is 124 Å². The van der Waals surface area contributed by atoms with Crippen LogP contribution in [0.5, 0.6) is 0 Å². The fourth-order valence-corrected chi connectivity index (χ4v) is 2.19. The molecule has 0 aliphatic rings. The first-order valence-electron chi connectivity index (χ1n) is 6.99. The van der Waals surface area contributed by atoms with Crippen LogP contribution >= 0.6 is 0 Å². The number of anilines is 3. The van der Waals surface area contributed by atoms with Gasteiger partial charge in [0.2, 0.25) is 0 Å². The Morgan fingerprint density at radius 2 is 1.67 bits per heavy atom. The van der Waals surface area contributed by atoms with Gasteiger partial charge in [-0.15, -0.1) is 0 Å². The zero-order chi connectivity index (χ0) is 15.2. The van der Waals surface area contributed by atoms with E-state index in [0.29, 0.717) is 5.69 Å². The minimum Gasteiger partial charge on any atom is -0.372 e. The molecule has 2 rings (SSSR count). The summed E-state index contributed by atoms with van der Waals surface area (Å²) in [4.78, 5) is 2.26. The van der Waals surface area contributed by atoms with E-state index in [1.165, 1.54) is 12.1 Å². The van der Waals surface area contributed by atoms with Crippen LogP contribution in [-0.2, 0) is 0 Å². The van der Waals surface area contributed by atoms with E-state index in [-0.39, 0.29) is 5.56 Å². The number of nitrogens with zero attached hydrogens (tertiary/aromatic N) is 2. The molecule has 0 spiro atoms.